The molecule has 0 atom stereocenters. The summed E-state index contributed by atoms with van der Waals surface area (Å²) in [6, 6.07) is 16.2. The van der Waals surface area contributed by atoms with E-state index >= 15 is 0 Å². The fourth-order valence-electron chi connectivity index (χ4n) is 3.16. The minimum Gasteiger partial charge on any atom is -0.496 e. The number of carbonyl (C=O) groups is 1. The molecule has 4 aromatic rings. The van der Waals surface area contributed by atoms with E-state index in [1.165, 1.54) is 37.4 Å². The Balaban J connectivity index is 1.78. The number of benzene rings is 3. The van der Waals surface area contributed by atoms with E-state index in [0.717, 1.165) is 22.4 Å². The van der Waals surface area contributed by atoms with E-state index in [9.17, 15) is 18.4 Å². The van der Waals surface area contributed by atoms with E-state index in [1.54, 1.807) is 30.3 Å². The highest BCUT2D eigenvalue weighted by atomic mass is 32.2. The van der Waals surface area contributed by atoms with Crippen molar-refractivity contribution in [1.29, 1.82) is 0 Å². The molecule has 4 rings (SSSR count). The lowest BCUT2D eigenvalue weighted by Crippen LogP contribution is -2.23. The minimum absolute atomic E-state index is 0.0315. The van der Waals surface area contributed by atoms with Gasteiger partial charge in [0.2, 0.25) is 0 Å². The molecule has 156 valence electrons. The quantitative estimate of drug-likeness (QED) is 0.249. The molecular weight excluding hydrogens is 422 g/mol. The summed E-state index contributed by atoms with van der Waals surface area (Å²) in [6.45, 7) is 0. The lowest BCUT2D eigenvalue weighted by molar-refractivity contribution is 0.101. The van der Waals surface area contributed by atoms with Crippen LogP contribution in [0.5, 0.6) is 5.75 Å². The first-order chi connectivity index (χ1) is 15.0. The number of ketones is 1. The van der Waals surface area contributed by atoms with Crippen LogP contribution in [0.1, 0.15) is 10.4 Å². The zero-order valence-corrected chi connectivity index (χ0v) is 17.2. The van der Waals surface area contributed by atoms with E-state index in [1.807, 2.05) is 0 Å². The summed E-state index contributed by atoms with van der Waals surface area (Å²) in [5.74, 6) is -1.49. The molecule has 0 aliphatic carbocycles. The molecule has 0 radical (unpaired) electrons. The van der Waals surface area contributed by atoms with Gasteiger partial charge in [-0.05, 0) is 42.5 Å². The second-order valence-electron chi connectivity index (χ2n) is 6.56. The Morgan fingerprint density at radius 3 is 2.58 bits per heavy atom. The van der Waals surface area contributed by atoms with Gasteiger partial charge in [-0.25, -0.2) is 13.8 Å². The highest BCUT2D eigenvalue weighted by Crippen LogP contribution is 2.26. The van der Waals surface area contributed by atoms with E-state index < -0.39 is 23.0 Å². The molecule has 31 heavy (non-hydrogen) atoms. The number of para-hydroxylation sites is 2. The molecule has 1 heterocycles. The molecule has 1 aromatic heterocycles. The van der Waals surface area contributed by atoms with Crippen LogP contribution < -0.4 is 10.3 Å². The Morgan fingerprint density at radius 2 is 1.81 bits per heavy atom. The molecule has 0 saturated heterocycles. The van der Waals surface area contributed by atoms with Crippen molar-refractivity contribution in [3.05, 3.63) is 94.3 Å². The van der Waals surface area contributed by atoms with Gasteiger partial charge >= 0.3 is 0 Å². The molecule has 3 aromatic carbocycles. The summed E-state index contributed by atoms with van der Waals surface area (Å²) in [7, 11) is 1.39. The number of aromatic nitrogens is 2. The highest BCUT2D eigenvalue weighted by molar-refractivity contribution is 7.99. The summed E-state index contributed by atoms with van der Waals surface area (Å²) in [5, 5.41) is 0.478. The highest BCUT2D eigenvalue weighted by Gasteiger charge is 2.19. The third kappa shape index (κ3) is 4.06. The molecule has 5 nitrogen and oxygen atoms in total. The number of thioether (sulfide) groups is 1. The number of Topliss-reactive ketones (excluding diaryl/α,β-unsaturated/α-hetero) is 1. The van der Waals surface area contributed by atoms with Gasteiger partial charge in [-0.3, -0.25) is 14.2 Å². The fraction of sp³-hybridized carbons (Fsp3) is 0.0870. The molecule has 0 saturated carbocycles. The van der Waals surface area contributed by atoms with Crippen LogP contribution in [0.15, 0.2) is 76.7 Å². The summed E-state index contributed by atoms with van der Waals surface area (Å²) < 4.78 is 34.5. The average Bonchev–Trinajstić information content (AvgIpc) is 2.78. The first-order valence-corrected chi connectivity index (χ1v) is 10.2. The molecule has 0 aliphatic heterocycles. The number of ether oxygens (including phenoxy) is 1. The molecule has 0 amide bonds. The summed E-state index contributed by atoms with van der Waals surface area (Å²) in [4.78, 5) is 30.4. The summed E-state index contributed by atoms with van der Waals surface area (Å²) in [5.41, 5.74) is 0.0898. The second-order valence-corrected chi connectivity index (χ2v) is 7.50. The van der Waals surface area contributed by atoms with Crippen molar-refractivity contribution in [2.45, 2.75) is 5.16 Å². The Bertz CT molecular complexity index is 1350. The predicted octanol–water partition coefficient (Wildman–Crippen LogP) is 4.65. The molecule has 0 unspecified atom stereocenters. The van der Waals surface area contributed by atoms with Crippen LogP contribution in [-0.2, 0) is 0 Å². The molecule has 0 aliphatic rings. The third-order valence-corrected chi connectivity index (χ3v) is 5.57. The monoisotopic (exact) mass is 438 g/mol. The second kappa shape index (κ2) is 8.69. The van der Waals surface area contributed by atoms with Gasteiger partial charge in [-0.15, -0.1) is 0 Å². The van der Waals surface area contributed by atoms with Crippen LogP contribution in [0.3, 0.4) is 0 Å². The number of rotatable bonds is 6. The molecular formula is C23H16F2N2O3S. The van der Waals surface area contributed by atoms with Gasteiger partial charge in [-0.2, -0.15) is 0 Å². The zero-order chi connectivity index (χ0) is 22.0. The number of nitrogens with zero attached hydrogens (tertiary/aromatic N) is 2. The van der Waals surface area contributed by atoms with Crippen molar-refractivity contribution >= 4 is 28.4 Å². The number of hydrogen-bond donors (Lipinski definition) is 0. The van der Waals surface area contributed by atoms with Crippen molar-refractivity contribution in [3.63, 3.8) is 0 Å². The van der Waals surface area contributed by atoms with Gasteiger partial charge in [0, 0.05) is 0 Å². The van der Waals surface area contributed by atoms with Gasteiger partial charge in [0.15, 0.2) is 10.9 Å². The van der Waals surface area contributed by atoms with Crippen molar-refractivity contribution in [1.82, 2.24) is 9.55 Å². The lowest BCUT2D eigenvalue weighted by atomic mass is 10.1. The smallest absolute Gasteiger partial charge is 0.266 e. The first kappa shape index (κ1) is 20.7. The molecule has 0 spiro atoms. The van der Waals surface area contributed by atoms with Gasteiger partial charge in [-0.1, -0.05) is 36.0 Å². The van der Waals surface area contributed by atoms with E-state index in [2.05, 4.69) is 4.98 Å². The average molecular weight is 438 g/mol. The maximum atomic E-state index is 14.5. The Hall–Kier alpha value is -3.52. The lowest BCUT2D eigenvalue weighted by Gasteiger charge is -2.14. The summed E-state index contributed by atoms with van der Waals surface area (Å²) >= 11 is 0.965. The number of hydrogen-bond acceptors (Lipinski definition) is 5. The molecule has 8 heteroatoms. The van der Waals surface area contributed by atoms with Crippen molar-refractivity contribution in [3.8, 4) is 11.4 Å². The Kier molecular flexibility index (Phi) is 5.81. The van der Waals surface area contributed by atoms with E-state index in [4.69, 9.17) is 4.74 Å². The first-order valence-electron chi connectivity index (χ1n) is 9.26. The molecule has 0 bridgehead atoms. The summed E-state index contributed by atoms with van der Waals surface area (Å²) in [6.07, 6.45) is 0. The van der Waals surface area contributed by atoms with Crippen LogP contribution in [-0.4, -0.2) is 28.2 Å². The fourth-order valence-corrected chi connectivity index (χ4v) is 4.05. The third-order valence-electron chi connectivity index (χ3n) is 4.63. The maximum Gasteiger partial charge on any atom is 0.266 e. The number of carbonyl (C=O) groups excluding carboxylic acids is 1. The number of methoxy groups -OCH3 is 1. The van der Waals surface area contributed by atoms with Gasteiger partial charge < -0.3 is 4.74 Å². The maximum absolute atomic E-state index is 14.5. The Labute approximate surface area is 180 Å². The zero-order valence-electron chi connectivity index (χ0n) is 16.3. The number of fused-ring (bicyclic) bond motifs is 1. The largest absolute Gasteiger partial charge is 0.496 e. The van der Waals surface area contributed by atoms with Crippen LogP contribution in [0.25, 0.3) is 16.6 Å². The van der Waals surface area contributed by atoms with E-state index in [0.29, 0.717) is 10.9 Å². The van der Waals surface area contributed by atoms with Crippen molar-refractivity contribution in [2.24, 2.45) is 0 Å². The van der Waals surface area contributed by atoms with Crippen LogP contribution in [0.2, 0.25) is 0 Å². The molecule has 0 fully saturated rings. The number of halogens is 2. The Morgan fingerprint density at radius 1 is 1.06 bits per heavy atom. The normalized spacial score (nSPS) is 10.9. The van der Waals surface area contributed by atoms with Gasteiger partial charge in [0.1, 0.15) is 17.4 Å². The van der Waals surface area contributed by atoms with Crippen LogP contribution in [0.4, 0.5) is 8.78 Å². The van der Waals surface area contributed by atoms with Gasteiger partial charge in [0.25, 0.3) is 5.56 Å². The topological polar surface area (TPSA) is 61.2 Å². The van der Waals surface area contributed by atoms with E-state index in [-0.39, 0.29) is 27.9 Å². The van der Waals surface area contributed by atoms with Crippen LogP contribution >= 0.6 is 11.8 Å². The van der Waals surface area contributed by atoms with Crippen LogP contribution in [0, 0.1) is 11.6 Å². The predicted molar refractivity (Wildman–Crippen MR) is 115 cm³/mol. The van der Waals surface area contributed by atoms with Crippen molar-refractivity contribution in [2.75, 3.05) is 12.9 Å². The standard InChI is InChI=1S/C23H16F2N2O3S/c1-30-21-11-10-14(24)12-16(21)20(28)13-31-23-26-18-8-4-2-6-15(18)22(29)27(23)19-9-5-3-7-17(19)25/h2-12H,13H2,1H3. The molecule has 0 N–H and O–H groups in total. The van der Waals surface area contributed by atoms with Crippen molar-refractivity contribution < 1.29 is 18.3 Å². The minimum atomic E-state index is -0.596. The SMILES string of the molecule is COc1ccc(F)cc1C(=O)CSc1nc2ccccc2c(=O)n1-c1ccccc1F. The van der Waals surface area contributed by atoms with Gasteiger partial charge in [0.05, 0.1) is 35.0 Å².